The molecule has 0 spiro atoms. The summed E-state index contributed by atoms with van der Waals surface area (Å²) < 4.78 is 112. The molecule has 0 saturated heterocycles. The van der Waals surface area contributed by atoms with Crippen molar-refractivity contribution in [1.29, 1.82) is 0 Å². The van der Waals surface area contributed by atoms with Crippen LogP contribution in [0.1, 0.15) is 25.7 Å². The van der Waals surface area contributed by atoms with Crippen LogP contribution >= 0.6 is 35.2 Å². The zero-order valence-electron chi connectivity index (χ0n) is 10.3. The van der Waals surface area contributed by atoms with Crippen LogP contribution in [0.3, 0.4) is 0 Å². The van der Waals surface area contributed by atoms with Gasteiger partial charge in [0.1, 0.15) is 0 Å². The third-order valence-corrected chi connectivity index (χ3v) is 3.99. The van der Waals surface area contributed by atoms with Crippen molar-refractivity contribution in [2.75, 3.05) is 5.75 Å². The summed E-state index contributed by atoms with van der Waals surface area (Å²) in [6, 6.07) is 0. The number of rotatable bonds is 8. The van der Waals surface area contributed by atoms with Crippen molar-refractivity contribution in [3.63, 3.8) is 0 Å². The molecule has 0 bridgehead atoms. The molecule has 0 aliphatic carbocycles. The molecule has 0 nitrogen and oxygen atoms in total. The van der Waals surface area contributed by atoms with Gasteiger partial charge in [-0.2, -0.15) is 52.1 Å². The highest BCUT2D eigenvalue weighted by Gasteiger charge is 2.81. The normalized spacial score (nSPS) is 16.1. The van der Waals surface area contributed by atoms with Gasteiger partial charge in [0.05, 0.1) is 0 Å². The maximum atomic E-state index is 13.2. The van der Waals surface area contributed by atoms with Gasteiger partial charge in [0, 0.05) is 10.3 Å². The SMILES string of the molecule is FC(F)(F)C(F)(F)C(F)(F)C(F)(F)CC(I)CCCCS. The summed E-state index contributed by atoms with van der Waals surface area (Å²) >= 11 is 5.16. The second-order valence-corrected chi connectivity index (χ2v) is 6.58. The number of unbranched alkanes of at least 4 members (excludes halogenated alkanes) is 1. The first kappa shape index (κ1) is 21.4. The predicted molar refractivity (Wildman–Crippen MR) is 71.0 cm³/mol. The Morgan fingerprint density at radius 1 is 0.810 bits per heavy atom. The summed E-state index contributed by atoms with van der Waals surface area (Å²) in [4.78, 5) is 0. The monoisotopic (exact) mass is 462 g/mol. The van der Waals surface area contributed by atoms with Gasteiger partial charge in [-0.3, -0.25) is 0 Å². The van der Waals surface area contributed by atoms with Crippen molar-refractivity contribution in [2.45, 2.75) is 53.6 Å². The van der Waals surface area contributed by atoms with E-state index in [9.17, 15) is 39.5 Å². The van der Waals surface area contributed by atoms with E-state index in [-0.39, 0.29) is 6.42 Å². The topological polar surface area (TPSA) is 0 Å². The van der Waals surface area contributed by atoms with Crippen molar-refractivity contribution < 1.29 is 39.5 Å². The largest absolute Gasteiger partial charge is 0.460 e. The van der Waals surface area contributed by atoms with Crippen molar-refractivity contribution in [2.24, 2.45) is 0 Å². The van der Waals surface area contributed by atoms with Gasteiger partial charge >= 0.3 is 23.9 Å². The molecule has 0 rings (SSSR count). The summed E-state index contributed by atoms with van der Waals surface area (Å²) in [5.41, 5.74) is 0. The second kappa shape index (κ2) is 7.35. The predicted octanol–water partition coefficient (Wildman–Crippen LogP) is 5.75. The van der Waals surface area contributed by atoms with E-state index < -0.39 is 34.3 Å². The highest BCUT2D eigenvalue weighted by molar-refractivity contribution is 14.1. The minimum atomic E-state index is -6.80. The highest BCUT2D eigenvalue weighted by Crippen LogP contribution is 2.54. The minimum absolute atomic E-state index is 0.00954. The first-order chi connectivity index (χ1) is 9.20. The van der Waals surface area contributed by atoms with Crippen LogP contribution in [-0.2, 0) is 0 Å². The number of hydrogen-bond donors (Lipinski definition) is 1. The lowest BCUT2D eigenvalue weighted by Gasteiger charge is -2.34. The average Bonchev–Trinajstić information content (AvgIpc) is 2.26. The zero-order valence-corrected chi connectivity index (χ0v) is 13.4. The second-order valence-electron chi connectivity index (χ2n) is 4.37. The molecule has 0 aliphatic heterocycles. The molecule has 128 valence electrons. The first-order valence-electron chi connectivity index (χ1n) is 5.66. The van der Waals surface area contributed by atoms with Crippen molar-refractivity contribution in [1.82, 2.24) is 0 Å². The van der Waals surface area contributed by atoms with Gasteiger partial charge in [-0.25, -0.2) is 0 Å². The third-order valence-electron chi connectivity index (χ3n) is 2.61. The van der Waals surface area contributed by atoms with Gasteiger partial charge in [0.2, 0.25) is 0 Å². The van der Waals surface area contributed by atoms with E-state index in [0.29, 0.717) is 18.6 Å². The minimum Gasteiger partial charge on any atom is -0.200 e. The summed E-state index contributed by atoms with van der Waals surface area (Å²) in [5, 5.41) is 0. The van der Waals surface area contributed by atoms with Gasteiger partial charge < -0.3 is 0 Å². The fourth-order valence-corrected chi connectivity index (χ4v) is 2.61. The maximum absolute atomic E-state index is 13.2. The first-order valence-corrected chi connectivity index (χ1v) is 7.53. The van der Waals surface area contributed by atoms with E-state index in [4.69, 9.17) is 0 Å². The maximum Gasteiger partial charge on any atom is 0.460 e. The van der Waals surface area contributed by atoms with Crippen LogP contribution in [0.15, 0.2) is 0 Å². The van der Waals surface area contributed by atoms with Crippen LogP contribution < -0.4 is 0 Å². The fourth-order valence-electron chi connectivity index (χ4n) is 1.39. The zero-order chi connectivity index (χ0) is 17.1. The molecule has 1 unspecified atom stereocenters. The van der Waals surface area contributed by atoms with Crippen molar-refractivity contribution in [3.8, 4) is 0 Å². The average molecular weight is 462 g/mol. The van der Waals surface area contributed by atoms with Crippen LogP contribution in [0.4, 0.5) is 39.5 Å². The number of halogens is 10. The van der Waals surface area contributed by atoms with Gasteiger partial charge in [0.25, 0.3) is 0 Å². The van der Waals surface area contributed by atoms with E-state index in [1.807, 2.05) is 0 Å². The summed E-state index contributed by atoms with van der Waals surface area (Å²) in [5.74, 6) is -18.4. The Morgan fingerprint density at radius 2 is 1.29 bits per heavy atom. The van der Waals surface area contributed by atoms with E-state index in [1.165, 1.54) is 22.6 Å². The molecule has 1 atom stereocenters. The Hall–Kier alpha value is 0.450. The van der Waals surface area contributed by atoms with Gasteiger partial charge in [-0.1, -0.05) is 29.0 Å². The van der Waals surface area contributed by atoms with Crippen molar-refractivity contribution in [3.05, 3.63) is 0 Å². The third kappa shape index (κ3) is 4.96. The molecule has 0 fully saturated rings. The number of thiol groups is 1. The lowest BCUT2D eigenvalue weighted by Crippen LogP contribution is -2.61. The van der Waals surface area contributed by atoms with E-state index in [1.54, 1.807) is 0 Å². The summed E-state index contributed by atoms with van der Waals surface area (Å²) in [6.07, 6.45) is -7.71. The molecule has 0 aromatic carbocycles. The molecule has 0 saturated carbocycles. The van der Waals surface area contributed by atoms with Crippen LogP contribution in [0.2, 0.25) is 0 Å². The molecule has 11 heteroatoms. The molecular weight excluding hydrogens is 450 g/mol. The lowest BCUT2D eigenvalue weighted by atomic mass is 9.98. The van der Waals surface area contributed by atoms with Gasteiger partial charge in [0.15, 0.2) is 0 Å². The molecule has 0 amide bonds. The molecule has 21 heavy (non-hydrogen) atoms. The number of alkyl halides is 10. The smallest absolute Gasteiger partial charge is 0.200 e. The van der Waals surface area contributed by atoms with Crippen LogP contribution in [0.5, 0.6) is 0 Å². The molecular formula is C10H12F9IS. The Kier molecular flexibility index (Phi) is 7.50. The van der Waals surface area contributed by atoms with E-state index >= 15 is 0 Å². The van der Waals surface area contributed by atoms with Crippen LogP contribution in [-0.4, -0.2) is 33.6 Å². The standard InChI is InChI=1S/C10H12F9IS/c11-7(12,5-6(20)3-1-2-4-21)8(13,14)9(15,16)10(17,18)19/h6,21H,1-5H2. The Bertz CT molecular complexity index is 329. The quantitative estimate of drug-likeness (QED) is 0.154. The molecule has 0 aliphatic rings. The van der Waals surface area contributed by atoms with Crippen molar-refractivity contribution >= 4 is 35.2 Å². The number of hydrogen-bond acceptors (Lipinski definition) is 1. The van der Waals surface area contributed by atoms with Crippen LogP contribution in [0, 0.1) is 0 Å². The van der Waals surface area contributed by atoms with E-state index in [2.05, 4.69) is 12.6 Å². The summed E-state index contributed by atoms with van der Waals surface area (Å²) in [6.45, 7) is 0. The molecule has 0 heterocycles. The molecule has 0 N–H and O–H groups in total. The van der Waals surface area contributed by atoms with Gasteiger partial charge in [-0.15, -0.1) is 0 Å². The van der Waals surface area contributed by atoms with Gasteiger partial charge in [-0.05, 0) is 18.6 Å². The lowest BCUT2D eigenvalue weighted by molar-refractivity contribution is -0.396. The Labute approximate surface area is 134 Å². The highest BCUT2D eigenvalue weighted by atomic mass is 127. The molecule has 0 aromatic heterocycles. The molecule has 0 radical (unpaired) electrons. The van der Waals surface area contributed by atoms with E-state index in [0.717, 1.165) is 0 Å². The Balaban J connectivity index is 5.03. The fraction of sp³-hybridized carbons (Fsp3) is 1.00. The summed E-state index contributed by atoms with van der Waals surface area (Å²) in [7, 11) is 0. The molecule has 0 aromatic rings. The van der Waals surface area contributed by atoms with Crippen LogP contribution in [0.25, 0.3) is 0 Å². The Morgan fingerprint density at radius 3 is 1.67 bits per heavy atom.